The monoisotopic (exact) mass is 577 g/mol. The Bertz CT molecular complexity index is 1150. The summed E-state index contributed by atoms with van der Waals surface area (Å²) < 4.78 is 13.3. The Morgan fingerprint density at radius 2 is 1.84 bits per heavy atom. The van der Waals surface area contributed by atoms with Crippen LogP contribution in [-0.4, -0.2) is 12.5 Å². The summed E-state index contributed by atoms with van der Waals surface area (Å²) in [7, 11) is 0. The first kappa shape index (κ1) is 24.4. The van der Waals surface area contributed by atoms with E-state index in [0.29, 0.717) is 35.4 Å². The SMILES string of the molecule is CCOc1cc(/C=C/C(=O)Nc2ccc(C)cc2Br)cc(Br)c1OCc1ccccc1Cl. The topological polar surface area (TPSA) is 47.6 Å². The van der Waals surface area contributed by atoms with Gasteiger partial charge in [-0.15, -0.1) is 0 Å². The normalized spacial score (nSPS) is 10.9. The van der Waals surface area contributed by atoms with Crippen LogP contribution in [0.2, 0.25) is 5.02 Å². The van der Waals surface area contributed by atoms with E-state index in [1.165, 1.54) is 6.08 Å². The lowest BCUT2D eigenvalue weighted by atomic mass is 10.1. The van der Waals surface area contributed by atoms with Gasteiger partial charge in [-0.25, -0.2) is 0 Å². The number of hydrogen-bond acceptors (Lipinski definition) is 3. The fourth-order valence-electron chi connectivity index (χ4n) is 2.92. The van der Waals surface area contributed by atoms with Crippen molar-refractivity contribution in [2.75, 3.05) is 11.9 Å². The molecule has 0 saturated carbocycles. The second kappa shape index (κ2) is 11.5. The van der Waals surface area contributed by atoms with Crippen LogP contribution in [0.3, 0.4) is 0 Å². The fourth-order valence-corrected chi connectivity index (χ4v) is 4.28. The van der Waals surface area contributed by atoms with Crippen LogP contribution < -0.4 is 14.8 Å². The average Bonchev–Trinajstić information content (AvgIpc) is 2.75. The fraction of sp³-hybridized carbons (Fsp3) is 0.160. The van der Waals surface area contributed by atoms with E-state index in [4.69, 9.17) is 21.1 Å². The predicted octanol–water partition coefficient (Wildman–Crippen LogP) is 7.80. The summed E-state index contributed by atoms with van der Waals surface area (Å²) in [6, 6.07) is 17.0. The molecule has 0 heterocycles. The summed E-state index contributed by atoms with van der Waals surface area (Å²) in [5.41, 5.74) is 3.50. The summed E-state index contributed by atoms with van der Waals surface area (Å²) in [4.78, 5) is 12.4. The number of carbonyl (C=O) groups is 1. The first-order valence-electron chi connectivity index (χ1n) is 9.95. The minimum absolute atomic E-state index is 0.234. The number of anilines is 1. The average molecular weight is 580 g/mol. The quantitative estimate of drug-likeness (QED) is 0.277. The number of amides is 1. The Labute approximate surface area is 209 Å². The number of ether oxygens (including phenoxy) is 2. The molecular weight excluding hydrogens is 558 g/mol. The first-order chi connectivity index (χ1) is 15.4. The van der Waals surface area contributed by atoms with E-state index in [2.05, 4.69) is 37.2 Å². The number of carbonyl (C=O) groups excluding carboxylic acids is 1. The maximum atomic E-state index is 12.4. The Hall–Kier alpha value is -2.28. The highest BCUT2D eigenvalue weighted by atomic mass is 79.9. The van der Waals surface area contributed by atoms with Crippen LogP contribution in [0.25, 0.3) is 6.08 Å². The van der Waals surface area contributed by atoms with Gasteiger partial charge in [0.25, 0.3) is 0 Å². The van der Waals surface area contributed by atoms with Crippen molar-refractivity contribution in [3.8, 4) is 11.5 Å². The summed E-state index contributed by atoms with van der Waals surface area (Å²) in [6.45, 7) is 4.68. The third-order valence-corrected chi connectivity index (χ3v) is 6.09. The van der Waals surface area contributed by atoms with E-state index in [0.717, 1.165) is 25.6 Å². The highest BCUT2D eigenvalue weighted by molar-refractivity contribution is 9.11. The molecule has 32 heavy (non-hydrogen) atoms. The molecule has 0 spiro atoms. The van der Waals surface area contributed by atoms with Gasteiger partial charge in [-0.1, -0.05) is 35.9 Å². The van der Waals surface area contributed by atoms with Gasteiger partial charge in [0, 0.05) is 21.1 Å². The molecule has 1 amide bonds. The van der Waals surface area contributed by atoms with Crippen molar-refractivity contribution in [1.29, 1.82) is 0 Å². The van der Waals surface area contributed by atoms with Crippen LogP contribution >= 0.6 is 43.5 Å². The molecule has 0 bridgehead atoms. The molecule has 3 aromatic carbocycles. The third-order valence-electron chi connectivity index (χ3n) is 4.47. The maximum absolute atomic E-state index is 12.4. The second-order valence-corrected chi connectivity index (χ2v) is 9.06. The Morgan fingerprint density at radius 3 is 2.56 bits per heavy atom. The van der Waals surface area contributed by atoms with Crippen LogP contribution in [0.4, 0.5) is 5.69 Å². The predicted molar refractivity (Wildman–Crippen MR) is 138 cm³/mol. The standard InChI is InChI=1S/C25H22Br2ClNO3/c1-3-31-23-14-17(9-11-24(30)29-22-10-8-16(2)12-19(22)26)13-20(27)25(23)32-15-18-6-4-5-7-21(18)28/h4-14H,3,15H2,1-2H3,(H,29,30)/b11-9+. The van der Waals surface area contributed by atoms with E-state index < -0.39 is 0 Å². The van der Waals surface area contributed by atoms with Gasteiger partial charge >= 0.3 is 0 Å². The van der Waals surface area contributed by atoms with Gasteiger partial charge in [-0.3, -0.25) is 4.79 Å². The summed E-state index contributed by atoms with van der Waals surface area (Å²) in [5, 5.41) is 3.51. The number of benzene rings is 3. The lowest BCUT2D eigenvalue weighted by Crippen LogP contribution is -2.08. The number of halogens is 3. The number of aryl methyl sites for hydroxylation is 1. The van der Waals surface area contributed by atoms with Crippen molar-refractivity contribution in [1.82, 2.24) is 0 Å². The van der Waals surface area contributed by atoms with E-state index >= 15 is 0 Å². The zero-order valence-corrected chi connectivity index (χ0v) is 21.6. The van der Waals surface area contributed by atoms with E-state index in [1.54, 1.807) is 6.08 Å². The van der Waals surface area contributed by atoms with E-state index in [1.807, 2.05) is 68.4 Å². The van der Waals surface area contributed by atoms with Crippen LogP contribution in [0, 0.1) is 6.92 Å². The minimum atomic E-state index is -0.234. The molecule has 0 aliphatic heterocycles. The second-order valence-electron chi connectivity index (χ2n) is 6.95. The zero-order chi connectivity index (χ0) is 23.1. The first-order valence-corrected chi connectivity index (χ1v) is 11.9. The van der Waals surface area contributed by atoms with Crippen molar-refractivity contribution in [2.24, 2.45) is 0 Å². The number of rotatable bonds is 8. The van der Waals surface area contributed by atoms with Gasteiger partial charge in [0.05, 0.1) is 16.8 Å². The highest BCUT2D eigenvalue weighted by Crippen LogP contribution is 2.38. The van der Waals surface area contributed by atoms with Crippen LogP contribution in [0.1, 0.15) is 23.6 Å². The summed E-state index contributed by atoms with van der Waals surface area (Å²) in [6.07, 6.45) is 3.20. The molecule has 0 aliphatic carbocycles. The van der Waals surface area contributed by atoms with Crippen LogP contribution in [-0.2, 0) is 11.4 Å². The highest BCUT2D eigenvalue weighted by Gasteiger charge is 2.13. The molecule has 7 heteroatoms. The number of hydrogen-bond donors (Lipinski definition) is 1. The molecule has 0 fully saturated rings. The lowest BCUT2D eigenvalue weighted by molar-refractivity contribution is -0.111. The summed E-state index contributed by atoms with van der Waals surface area (Å²) >= 11 is 13.3. The molecule has 0 atom stereocenters. The van der Waals surface area contributed by atoms with Crippen molar-refractivity contribution < 1.29 is 14.3 Å². The minimum Gasteiger partial charge on any atom is -0.490 e. The molecule has 3 rings (SSSR count). The van der Waals surface area contributed by atoms with Gasteiger partial charge in [-0.2, -0.15) is 0 Å². The molecule has 1 N–H and O–H groups in total. The molecule has 0 unspecified atom stereocenters. The lowest BCUT2D eigenvalue weighted by Gasteiger charge is -2.15. The molecule has 4 nitrogen and oxygen atoms in total. The summed E-state index contributed by atoms with van der Waals surface area (Å²) in [5.74, 6) is 0.926. The van der Waals surface area contributed by atoms with Gasteiger partial charge < -0.3 is 14.8 Å². The smallest absolute Gasteiger partial charge is 0.248 e. The molecule has 0 aliphatic rings. The van der Waals surface area contributed by atoms with Crippen molar-refractivity contribution in [3.63, 3.8) is 0 Å². The number of nitrogens with one attached hydrogen (secondary N) is 1. The Balaban J connectivity index is 1.75. The van der Waals surface area contributed by atoms with Crippen molar-refractivity contribution in [2.45, 2.75) is 20.5 Å². The van der Waals surface area contributed by atoms with Crippen molar-refractivity contribution >= 4 is 61.1 Å². The third kappa shape index (κ3) is 6.61. The van der Waals surface area contributed by atoms with E-state index in [9.17, 15) is 4.79 Å². The van der Waals surface area contributed by atoms with Crippen LogP contribution in [0.15, 0.2) is 69.6 Å². The van der Waals surface area contributed by atoms with Gasteiger partial charge in [0.1, 0.15) is 6.61 Å². The van der Waals surface area contributed by atoms with Crippen LogP contribution in [0.5, 0.6) is 11.5 Å². The molecular formula is C25H22Br2ClNO3. The van der Waals surface area contributed by atoms with Crippen molar-refractivity contribution in [3.05, 3.63) is 91.3 Å². The van der Waals surface area contributed by atoms with Gasteiger partial charge in [-0.05, 0) is 93.2 Å². The molecule has 166 valence electrons. The zero-order valence-electron chi connectivity index (χ0n) is 17.6. The van der Waals surface area contributed by atoms with E-state index in [-0.39, 0.29) is 5.91 Å². The Morgan fingerprint density at radius 1 is 1.06 bits per heavy atom. The van der Waals surface area contributed by atoms with Gasteiger partial charge in [0.2, 0.25) is 5.91 Å². The largest absolute Gasteiger partial charge is 0.490 e. The molecule has 0 aromatic heterocycles. The maximum Gasteiger partial charge on any atom is 0.248 e. The molecule has 3 aromatic rings. The molecule has 0 radical (unpaired) electrons. The van der Waals surface area contributed by atoms with Gasteiger partial charge in [0.15, 0.2) is 11.5 Å². The molecule has 0 saturated heterocycles. The Kier molecular flexibility index (Phi) is 8.79.